The molecule has 0 bridgehead atoms. The van der Waals surface area contributed by atoms with Gasteiger partial charge in [-0.15, -0.1) is 11.7 Å². The Labute approximate surface area is 101 Å². The van der Waals surface area contributed by atoms with Crippen molar-refractivity contribution in [2.75, 3.05) is 0 Å². The van der Waals surface area contributed by atoms with Crippen LogP contribution in [0.3, 0.4) is 0 Å². The van der Waals surface area contributed by atoms with Crippen LogP contribution in [-0.4, -0.2) is 9.59 Å². The Kier molecular flexibility index (Phi) is 5.59. The van der Waals surface area contributed by atoms with Gasteiger partial charge in [-0.1, -0.05) is 24.4 Å². The predicted octanol–water partition coefficient (Wildman–Crippen LogP) is 2.52. The fourth-order valence-electron chi connectivity index (χ4n) is 1.60. The maximum atomic E-state index is 5.59. The van der Waals surface area contributed by atoms with E-state index in [1.165, 1.54) is 16.4 Å². The number of aromatic nitrogens is 2. The van der Waals surface area contributed by atoms with E-state index in [-0.39, 0.29) is 6.04 Å². The highest BCUT2D eigenvalue weighted by atomic mass is 32.1. The number of unbranched alkanes of at least 4 members (excludes halogenated alkanes) is 1. The molecule has 0 aliphatic rings. The van der Waals surface area contributed by atoms with Gasteiger partial charge in [0.25, 0.3) is 0 Å². The molecular formula is C11H20N4S. The van der Waals surface area contributed by atoms with Gasteiger partial charge in [0.1, 0.15) is 0 Å². The summed E-state index contributed by atoms with van der Waals surface area (Å²) in [7, 11) is 0. The average Bonchev–Trinajstić information content (AvgIpc) is 2.73. The van der Waals surface area contributed by atoms with Crippen LogP contribution in [0, 0.1) is 0 Å². The van der Waals surface area contributed by atoms with E-state index in [1.54, 1.807) is 0 Å². The van der Waals surface area contributed by atoms with Crippen molar-refractivity contribution in [3.05, 3.63) is 23.2 Å². The van der Waals surface area contributed by atoms with E-state index in [9.17, 15) is 0 Å². The average molecular weight is 240 g/mol. The molecule has 0 aliphatic heterocycles. The van der Waals surface area contributed by atoms with E-state index < -0.39 is 0 Å². The van der Waals surface area contributed by atoms with Crippen molar-refractivity contribution in [1.29, 1.82) is 0 Å². The van der Waals surface area contributed by atoms with Gasteiger partial charge in [-0.3, -0.25) is 11.3 Å². The Morgan fingerprint density at radius 1 is 1.56 bits per heavy atom. The summed E-state index contributed by atoms with van der Waals surface area (Å²) in [5.41, 5.74) is 3.92. The molecule has 1 unspecified atom stereocenters. The molecule has 0 saturated carbocycles. The van der Waals surface area contributed by atoms with E-state index in [4.69, 9.17) is 5.84 Å². The topological polar surface area (TPSA) is 63.8 Å². The van der Waals surface area contributed by atoms with Crippen LogP contribution < -0.4 is 11.3 Å². The molecular weight excluding hydrogens is 220 g/mol. The molecule has 5 heteroatoms. The smallest absolute Gasteiger partial charge is 0.0829 e. The second-order valence-corrected chi connectivity index (χ2v) is 4.90. The molecule has 0 aliphatic carbocycles. The molecule has 0 saturated heterocycles. The first-order valence-corrected chi connectivity index (χ1v) is 6.37. The second-order valence-electron chi connectivity index (χ2n) is 4.12. The first-order valence-electron chi connectivity index (χ1n) is 5.59. The molecule has 1 aromatic heterocycles. The van der Waals surface area contributed by atoms with Crippen molar-refractivity contribution in [2.45, 2.75) is 45.1 Å². The third-order valence-electron chi connectivity index (χ3n) is 2.51. The first kappa shape index (κ1) is 13.3. The fourth-order valence-corrected chi connectivity index (χ4v) is 2.50. The summed E-state index contributed by atoms with van der Waals surface area (Å²) in [6, 6.07) is 0.164. The summed E-state index contributed by atoms with van der Waals surface area (Å²) < 4.78 is 4.02. The Bertz CT molecular complexity index is 322. The van der Waals surface area contributed by atoms with E-state index in [0.29, 0.717) is 5.92 Å². The SMILES string of the molecule is C=CCCCC(NN)c1snnc1C(C)C. The van der Waals surface area contributed by atoms with Gasteiger partial charge >= 0.3 is 0 Å². The van der Waals surface area contributed by atoms with Crippen molar-refractivity contribution in [3.63, 3.8) is 0 Å². The third kappa shape index (κ3) is 3.37. The molecule has 1 atom stereocenters. The summed E-state index contributed by atoms with van der Waals surface area (Å²) in [6.45, 7) is 7.96. The van der Waals surface area contributed by atoms with E-state index >= 15 is 0 Å². The van der Waals surface area contributed by atoms with E-state index in [0.717, 1.165) is 25.0 Å². The van der Waals surface area contributed by atoms with Gasteiger partial charge in [-0.05, 0) is 36.7 Å². The van der Waals surface area contributed by atoms with Crippen molar-refractivity contribution in [2.24, 2.45) is 5.84 Å². The van der Waals surface area contributed by atoms with Gasteiger partial charge < -0.3 is 0 Å². The van der Waals surface area contributed by atoms with Gasteiger partial charge in [-0.25, -0.2) is 0 Å². The molecule has 16 heavy (non-hydrogen) atoms. The molecule has 1 rings (SSSR count). The molecule has 1 aromatic rings. The van der Waals surface area contributed by atoms with Crippen molar-refractivity contribution >= 4 is 11.5 Å². The highest BCUT2D eigenvalue weighted by Crippen LogP contribution is 2.28. The summed E-state index contributed by atoms with van der Waals surface area (Å²) in [5.74, 6) is 5.98. The Morgan fingerprint density at radius 2 is 2.31 bits per heavy atom. The standard InChI is InChI=1S/C11H20N4S/c1-4-5-6-7-9(13-12)11-10(8(2)3)14-15-16-11/h4,8-9,13H,1,5-7,12H2,2-3H3. The van der Waals surface area contributed by atoms with E-state index in [2.05, 4.69) is 35.4 Å². The summed E-state index contributed by atoms with van der Waals surface area (Å²) >= 11 is 1.44. The molecule has 90 valence electrons. The van der Waals surface area contributed by atoms with Gasteiger partial charge in [0.15, 0.2) is 0 Å². The van der Waals surface area contributed by atoms with Gasteiger partial charge in [-0.2, -0.15) is 0 Å². The number of allylic oxidation sites excluding steroid dienone is 1. The van der Waals surface area contributed by atoms with Crippen LogP contribution in [0.1, 0.15) is 55.6 Å². The minimum absolute atomic E-state index is 0.164. The molecule has 0 fully saturated rings. The fraction of sp³-hybridized carbons (Fsp3) is 0.636. The number of nitrogens with two attached hydrogens (primary N) is 1. The lowest BCUT2D eigenvalue weighted by Crippen LogP contribution is -2.28. The summed E-state index contributed by atoms with van der Waals surface area (Å²) in [4.78, 5) is 1.17. The largest absolute Gasteiger partial charge is 0.271 e. The van der Waals surface area contributed by atoms with Gasteiger partial charge in [0.2, 0.25) is 0 Å². The minimum Gasteiger partial charge on any atom is -0.271 e. The summed E-state index contributed by atoms with van der Waals surface area (Å²) in [6.07, 6.45) is 5.02. The predicted molar refractivity (Wildman–Crippen MR) is 68.1 cm³/mol. The van der Waals surface area contributed by atoms with Crippen LogP contribution in [0.2, 0.25) is 0 Å². The highest BCUT2D eigenvalue weighted by molar-refractivity contribution is 7.05. The highest BCUT2D eigenvalue weighted by Gasteiger charge is 2.19. The molecule has 3 N–H and O–H groups in total. The number of hydrogen-bond acceptors (Lipinski definition) is 5. The maximum absolute atomic E-state index is 5.59. The van der Waals surface area contributed by atoms with Crippen LogP contribution in [0.4, 0.5) is 0 Å². The molecule has 4 nitrogen and oxygen atoms in total. The van der Waals surface area contributed by atoms with Gasteiger partial charge in [0, 0.05) is 0 Å². The van der Waals surface area contributed by atoms with Crippen LogP contribution in [0.15, 0.2) is 12.7 Å². The van der Waals surface area contributed by atoms with Crippen LogP contribution >= 0.6 is 11.5 Å². The van der Waals surface area contributed by atoms with Crippen molar-refractivity contribution < 1.29 is 0 Å². The molecule has 0 spiro atoms. The number of hydrogen-bond donors (Lipinski definition) is 2. The lowest BCUT2D eigenvalue weighted by atomic mass is 10.0. The number of nitrogens with zero attached hydrogens (tertiary/aromatic N) is 2. The van der Waals surface area contributed by atoms with Gasteiger partial charge in [0.05, 0.1) is 16.6 Å². The van der Waals surface area contributed by atoms with E-state index in [1.807, 2.05) is 6.08 Å². The monoisotopic (exact) mass is 240 g/mol. The normalized spacial score (nSPS) is 13.0. The molecule has 0 aromatic carbocycles. The lowest BCUT2D eigenvalue weighted by Gasteiger charge is -2.15. The number of rotatable bonds is 7. The Hall–Kier alpha value is -0.780. The summed E-state index contributed by atoms with van der Waals surface area (Å²) in [5, 5.41) is 4.17. The van der Waals surface area contributed by atoms with Crippen LogP contribution in [-0.2, 0) is 0 Å². The first-order chi connectivity index (χ1) is 7.70. The van der Waals surface area contributed by atoms with Crippen molar-refractivity contribution in [3.8, 4) is 0 Å². The molecule has 1 heterocycles. The zero-order valence-corrected chi connectivity index (χ0v) is 10.8. The molecule has 0 radical (unpaired) electrons. The zero-order chi connectivity index (χ0) is 12.0. The Morgan fingerprint density at radius 3 is 2.88 bits per heavy atom. The quantitative estimate of drug-likeness (QED) is 0.333. The van der Waals surface area contributed by atoms with Crippen LogP contribution in [0.5, 0.6) is 0 Å². The Balaban J connectivity index is 2.70. The van der Waals surface area contributed by atoms with Crippen molar-refractivity contribution in [1.82, 2.24) is 15.0 Å². The number of hydrazine groups is 1. The number of nitrogens with one attached hydrogen (secondary N) is 1. The lowest BCUT2D eigenvalue weighted by molar-refractivity contribution is 0.501. The molecule has 0 amide bonds. The zero-order valence-electron chi connectivity index (χ0n) is 9.94. The maximum Gasteiger partial charge on any atom is 0.0829 e. The van der Waals surface area contributed by atoms with Crippen LogP contribution in [0.25, 0.3) is 0 Å². The minimum atomic E-state index is 0.164. The third-order valence-corrected chi connectivity index (χ3v) is 3.36. The second kappa shape index (κ2) is 6.73.